The van der Waals surface area contributed by atoms with Crippen LogP contribution in [0.25, 0.3) is 0 Å². The van der Waals surface area contributed by atoms with Crippen molar-refractivity contribution in [2.75, 3.05) is 13.7 Å². The van der Waals surface area contributed by atoms with Gasteiger partial charge in [0.05, 0.1) is 19.4 Å². The molecular weight excluding hydrogens is 264 g/mol. The molecule has 0 aliphatic heterocycles. The number of alkyl carbamates (subject to hydrolysis) is 1. The van der Waals surface area contributed by atoms with Crippen LogP contribution in [0.2, 0.25) is 0 Å². The third-order valence-electron chi connectivity index (χ3n) is 1.90. The van der Waals surface area contributed by atoms with Gasteiger partial charge in [0, 0.05) is 12.4 Å². The molecule has 0 heterocycles. The first-order chi connectivity index (χ1) is 9.19. The van der Waals surface area contributed by atoms with Crippen molar-refractivity contribution >= 4 is 18.3 Å². The highest BCUT2D eigenvalue weighted by Crippen LogP contribution is 2.07. The first kappa shape index (κ1) is 17.8. The SMILES string of the molecule is COC(=O)[C@H](CN=CC(N)=CN)NC(=O)OC(C)(C)C. The zero-order valence-electron chi connectivity index (χ0n) is 12.2. The molecule has 0 aliphatic carbocycles. The molecule has 0 aromatic heterocycles. The van der Waals surface area contributed by atoms with E-state index >= 15 is 0 Å². The predicted octanol–water partition coefficient (Wildman–Crippen LogP) is -0.118. The first-order valence-corrected chi connectivity index (χ1v) is 5.94. The minimum Gasteiger partial charge on any atom is -0.467 e. The fourth-order valence-electron chi connectivity index (χ4n) is 1.08. The lowest BCUT2D eigenvalue weighted by molar-refractivity contribution is -0.142. The molecule has 0 saturated carbocycles. The van der Waals surface area contributed by atoms with E-state index < -0.39 is 23.7 Å². The molecule has 20 heavy (non-hydrogen) atoms. The van der Waals surface area contributed by atoms with Crippen LogP contribution in [0, 0.1) is 0 Å². The number of nitrogens with two attached hydrogens (primary N) is 2. The minimum atomic E-state index is -0.961. The zero-order chi connectivity index (χ0) is 15.8. The Morgan fingerprint density at radius 1 is 1.40 bits per heavy atom. The quantitative estimate of drug-likeness (QED) is 0.477. The predicted molar refractivity (Wildman–Crippen MR) is 75.0 cm³/mol. The highest BCUT2D eigenvalue weighted by Gasteiger charge is 2.24. The number of amides is 1. The van der Waals surface area contributed by atoms with Crippen LogP contribution in [0.5, 0.6) is 0 Å². The number of allylic oxidation sites excluding steroid dienone is 1. The van der Waals surface area contributed by atoms with Gasteiger partial charge in [0.2, 0.25) is 0 Å². The molecule has 0 bridgehead atoms. The molecule has 0 rings (SSSR count). The Morgan fingerprint density at radius 3 is 2.45 bits per heavy atom. The molecule has 1 amide bonds. The van der Waals surface area contributed by atoms with Gasteiger partial charge in [0.15, 0.2) is 0 Å². The summed E-state index contributed by atoms with van der Waals surface area (Å²) in [7, 11) is 1.21. The van der Waals surface area contributed by atoms with Gasteiger partial charge in [-0.15, -0.1) is 0 Å². The number of nitrogens with zero attached hydrogens (tertiary/aromatic N) is 1. The zero-order valence-corrected chi connectivity index (χ0v) is 12.2. The summed E-state index contributed by atoms with van der Waals surface area (Å²) in [5.74, 6) is -0.636. The number of nitrogens with one attached hydrogen (secondary N) is 1. The summed E-state index contributed by atoms with van der Waals surface area (Å²) in [4.78, 5) is 27.0. The van der Waals surface area contributed by atoms with Crippen LogP contribution >= 0.6 is 0 Å². The van der Waals surface area contributed by atoms with E-state index in [9.17, 15) is 9.59 Å². The van der Waals surface area contributed by atoms with Gasteiger partial charge in [-0.2, -0.15) is 0 Å². The van der Waals surface area contributed by atoms with Crippen molar-refractivity contribution in [2.24, 2.45) is 16.5 Å². The number of carbonyl (C=O) groups excluding carboxylic acids is 2. The number of methoxy groups -OCH3 is 1. The molecule has 0 unspecified atom stereocenters. The van der Waals surface area contributed by atoms with Gasteiger partial charge < -0.3 is 26.3 Å². The summed E-state index contributed by atoms with van der Waals surface area (Å²) in [6, 6.07) is -0.961. The van der Waals surface area contributed by atoms with E-state index in [2.05, 4.69) is 15.0 Å². The van der Waals surface area contributed by atoms with E-state index in [0.717, 1.165) is 6.20 Å². The number of rotatable bonds is 5. The van der Waals surface area contributed by atoms with Gasteiger partial charge in [-0.25, -0.2) is 9.59 Å². The van der Waals surface area contributed by atoms with Gasteiger partial charge in [0.1, 0.15) is 11.6 Å². The van der Waals surface area contributed by atoms with Gasteiger partial charge in [0.25, 0.3) is 0 Å². The second kappa shape index (κ2) is 8.03. The summed E-state index contributed by atoms with van der Waals surface area (Å²) in [5.41, 5.74) is 10.2. The Balaban J connectivity index is 4.62. The molecule has 0 aliphatic rings. The maximum absolute atomic E-state index is 11.6. The molecule has 8 nitrogen and oxygen atoms in total. The number of ether oxygens (including phenoxy) is 2. The Bertz CT molecular complexity index is 399. The highest BCUT2D eigenvalue weighted by molar-refractivity contribution is 5.82. The van der Waals surface area contributed by atoms with Crippen molar-refractivity contribution in [2.45, 2.75) is 32.4 Å². The average molecular weight is 286 g/mol. The van der Waals surface area contributed by atoms with Crippen LogP contribution in [0.1, 0.15) is 20.8 Å². The lowest BCUT2D eigenvalue weighted by Gasteiger charge is -2.21. The smallest absolute Gasteiger partial charge is 0.408 e. The van der Waals surface area contributed by atoms with Crippen molar-refractivity contribution < 1.29 is 19.1 Å². The third-order valence-corrected chi connectivity index (χ3v) is 1.90. The summed E-state index contributed by atoms with van der Waals surface area (Å²) < 4.78 is 9.62. The van der Waals surface area contributed by atoms with Crippen molar-refractivity contribution in [3.63, 3.8) is 0 Å². The highest BCUT2D eigenvalue weighted by atomic mass is 16.6. The van der Waals surface area contributed by atoms with Gasteiger partial charge >= 0.3 is 12.1 Å². The lowest BCUT2D eigenvalue weighted by Crippen LogP contribution is -2.45. The molecule has 1 atom stereocenters. The Labute approximate surface area is 118 Å². The van der Waals surface area contributed by atoms with Crippen LogP contribution in [0.4, 0.5) is 4.79 Å². The molecule has 0 fully saturated rings. The summed E-state index contributed by atoms with van der Waals surface area (Å²) in [6.07, 6.45) is 1.72. The number of hydrogen-bond acceptors (Lipinski definition) is 7. The third kappa shape index (κ3) is 7.96. The number of carbonyl (C=O) groups is 2. The van der Waals surface area contributed by atoms with E-state index in [4.69, 9.17) is 16.2 Å². The van der Waals surface area contributed by atoms with Gasteiger partial charge in [-0.3, -0.25) is 4.99 Å². The molecule has 5 N–H and O–H groups in total. The van der Waals surface area contributed by atoms with Crippen LogP contribution < -0.4 is 16.8 Å². The fourth-order valence-corrected chi connectivity index (χ4v) is 1.08. The number of aliphatic imine (C=N–C) groups is 1. The van der Waals surface area contributed by atoms with Crippen LogP contribution in [0.3, 0.4) is 0 Å². The van der Waals surface area contributed by atoms with Gasteiger partial charge in [-0.1, -0.05) is 0 Å². The largest absolute Gasteiger partial charge is 0.467 e. The van der Waals surface area contributed by atoms with E-state index in [-0.39, 0.29) is 12.2 Å². The summed E-state index contributed by atoms with van der Waals surface area (Å²) in [5, 5.41) is 2.38. The second-order valence-electron chi connectivity index (χ2n) is 4.88. The number of hydrogen-bond donors (Lipinski definition) is 3. The van der Waals surface area contributed by atoms with E-state index in [0.29, 0.717) is 0 Å². The van der Waals surface area contributed by atoms with E-state index in [1.165, 1.54) is 13.3 Å². The lowest BCUT2D eigenvalue weighted by atomic mass is 10.2. The van der Waals surface area contributed by atoms with Crippen molar-refractivity contribution in [3.05, 3.63) is 11.9 Å². The molecule has 0 spiro atoms. The Hall–Kier alpha value is -2.25. The second-order valence-corrected chi connectivity index (χ2v) is 4.88. The summed E-state index contributed by atoms with van der Waals surface area (Å²) >= 11 is 0. The molecule has 0 aromatic rings. The molecule has 8 heteroatoms. The van der Waals surface area contributed by atoms with Crippen LogP contribution in [-0.2, 0) is 14.3 Å². The first-order valence-electron chi connectivity index (χ1n) is 5.94. The molecule has 0 aromatic carbocycles. The monoisotopic (exact) mass is 286 g/mol. The number of esters is 1. The van der Waals surface area contributed by atoms with E-state index in [1.807, 2.05) is 0 Å². The minimum absolute atomic E-state index is 0.0412. The van der Waals surface area contributed by atoms with Gasteiger partial charge in [-0.05, 0) is 20.8 Å². The summed E-state index contributed by atoms with van der Waals surface area (Å²) in [6.45, 7) is 5.10. The maximum atomic E-state index is 11.6. The Kier molecular flexibility index (Phi) is 7.12. The van der Waals surface area contributed by atoms with Crippen molar-refractivity contribution in [1.82, 2.24) is 5.32 Å². The van der Waals surface area contributed by atoms with Crippen molar-refractivity contribution in [1.29, 1.82) is 0 Å². The normalized spacial score (nSPS) is 13.9. The van der Waals surface area contributed by atoms with Crippen LogP contribution in [-0.4, -0.2) is 43.6 Å². The molecule has 0 radical (unpaired) electrons. The molecule has 0 saturated heterocycles. The maximum Gasteiger partial charge on any atom is 0.408 e. The fraction of sp³-hybridized carbons (Fsp3) is 0.583. The van der Waals surface area contributed by atoms with E-state index in [1.54, 1.807) is 20.8 Å². The van der Waals surface area contributed by atoms with Crippen LogP contribution in [0.15, 0.2) is 16.9 Å². The molecule has 114 valence electrons. The topological polar surface area (TPSA) is 129 Å². The average Bonchev–Trinajstić information content (AvgIpc) is 2.34. The van der Waals surface area contributed by atoms with Crippen molar-refractivity contribution in [3.8, 4) is 0 Å². The molecular formula is C12H22N4O4. The standard InChI is InChI=1S/C12H22N4O4/c1-12(2,3)20-11(18)16-9(10(17)19-4)7-15-6-8(14)5-13/h5-6,9H,7,13-14H2,1-4H3,(H,16,18)/t9-/m0/s1. The Morgan fingerprint density at radius 2 is 2.00 bits per heavy atom.